The minimum Gasteiger partial charge on any atom is -0.480 e. The standard InChI is InChI=1S/C19H32N2O5/c1-4-8-14(19(25)26-5-2)20-12(3)17(22)21-15-10-7-6-9-13(15)11-16(21)18(23)24/h12-16,20H,4-11H2,1-3H3,(H,23,24)/t12-,13+,14+,15-,16-/m0/s1. The quantitative estimate of drug-likeness (QED) is 0.636. The van der Waals surface area contributed by atoms with Gasteiger partial charge >= 0.3 is 11.9 Å². The lowest BCUT2D eigenvalue weighted by Gasteiger charge is -2.35. The Kier molecular flexibility index (Phi) is 7.43. The Morgan fingerprint density at radius 1 is 1.23 bits per heavy atom. The lowest BCUT2D eigenvalue weighted by atomic mass is 9.84. The normalized spacial score (nSPS) is 27.5. The number of carboxylic acid groups (broad SMARTS) is 1. The number of likely N-dealkylation sites (tertiary alicyclic amines) is 1. The summed E-state index contributed by atoms with van der Waals surface area (Å²) in [6.07, 6.45) is 5.87. The van der Waals surface area contributed by atoms with Crippen LogP contribution in [-0.4, -0.2) is 58.6 Å². The second-order valence-electron chi connectivity index (χ2n) is 7.43. The molecule has 0 aromatic rings. The molecule has 2 rings (SSSR count). The average molecular weight is 368 g/mol. The molecule has 7 heteroatoms. The SMILES string of the molecule is CCC[C@@H](N[C@@H](C)C(=O)N1[C@H](C(=O)O)C[C@H]2CCCC[C@@H]21)C(=O)OCC. The maximum absolute atomic E-state index is 13.1. The first-order valence-electron chi connectivity index (χ1n) is 9.88. The summed E-state index contributed by atoms with van der Waals surface area (Å²) in [4.78, 5) is 38.5. The lowest BCUT2D eigenvalue weighted by Crippen LogP contribution is -2.55. The summed E-state index contributed by atoms with van der Waals surface area (Å²) in [7, 11) is 0. The van der Waals surface area contributed by atoms with Gasteiger partial charge in [0.25, 0.3) is 0 Å². The highest BCUT2D eigenvalue weighted by Gasteiger charge is 2.48. The number of aliphatic carboxylic acids is 1. The molecule has 1 saturated heterocycles. The number of hydrogen-bond acceptors (Lipinski definition) is 5. The van der Waals surface area contributed by atoms with Gasteiger partial charge in [-0.05, 0) is 45.4 Å². The van der Waals surface area contributed by atoms with Crippen molar-refractivity contribution in [1.29, 1.82) is 0 Å². The molecular formula is C19H32N2O5. The van der Waals surface area contributed by atoms with Gasteiger partial charge in [0.1, 0.15) is 12.1 Å². The number of carbonyl (C=O) groups excluding carboxylic acids is 2. The van der Waals surface area contributed by atoms with Crippen molar-refractivity contribution in [3.8, 4) is 0 Å². The van der Waals surface area contributed by atoms with E-state index in [4.69, 9.17) is 4.74 Å². The summed E-state index contributed by atoms with van der Waals surface area (Å²) in [6, 6.07) is -1.92. The Labute approximate surface area is 155 Å². The summed E-state index contributed by atoms with van der Waals surface area (Å²) in [6.45, 7) is 5.72. The second-order valence-corrected chi connectivity index (χ2v) is 7.43. The van der Waals surface area contributed by atoms with Crippen LogP contribution in [0.2, 0.25) is 0 Å². The van der Waals surface area contributed by atoms with Crippen molar-refractivity contribution >= 4 is 17.8 Å². The van der Waals surface area contributed by atoms with Crippen LogP contribution in [0.1, 0.15) is 65.7 Å². The molecule has 148 valence electrons. The molecule has 0 spiro atoms. The second kappa shape index (κ2) is 9.35. The van der Waals surface area contributed by atoms with E-state index in [1.54, 1.807) is 18.7 Å². The highest BCUT2D eigenvalue weighted by Crippen LogP contribution is 2.40. The van der Waals surface area contributed by atoms with Crippen LogP contribution >= 0.6 is 0 Å². The summed E-state index contributed by atoms with van der Waals surface area (Å²) in [5.74, 6) is -1.24. The fourth-order valence-electron chi connectivity index (χ4n) is 4.39. The molecule has 1 aliphatic heterocycles. The Bertz CT molecular complexity index is 524. The first-order valence-corrected chi connectivity index (χ1v) is 9.88. The van der Waals surface area contributed by atoms with E-state index >= 15 is 0 Å². The molecule has 1 saturated carbocycles. The van der Waals surface area contributed by atoms with E-state index in [1.165, 1.54) is 0 Å². The summed E-state index contributed by atoms with van der Waals surface area (Å²) in [5, 5.41) is 12.7. The minimum absolute atomic E-state index is 0.00817. The number of fused-ring (bicyclic) bond motifs is 1. The zero-order valence-corrected chi connectivity index (χ0v) is 16.1. The summed E-state index contributed by atoms with van der Waals surface area (Å²) >= 11 is 0. The molecule has 1 heterocycles. The van der Waals surface area contributed by atoms with E-state index in [2.05, 4.69) is 5.32 Å². The third-order valence-corrected chi connectivity index (χ3v) is 5.60. The van der Waals surface area contributed by atoms with E-state index < -0.39 is 24.1 Å². The third-order valence-electron chi connectivity index (χ3n) is 5.60. The van der Waals surface area contributed by atoms with Crippen molar-refractivity contribution in [2.45, 2.75) is 89.9 Å². The number of carboxylic acids is 1. The van der Waals surface area contributed by atoms with Crippen molar-refractivity contribution in [3.63, 3.8) is 0 Å². The van der Waals surface area contributed by atoms with Gasteiger partial charge < -0.3 is 14.7 Å². The van der Waals surface area contributed by atoms with Gasteiger partial charge in [-0.1, -0.05) is 26.2 Å². The molecule has 0 aromatic carbocycles. The van der Waals surface area contributed by atoms with Crippen LogP contribution in [-0.2, 0) is 19.1 Å². The van der Waals surface area contributed by atoms with Gasteiger partial charge in [-0.15, -0.1) is 0 Å². The molecule has 0 radical (unpaired) electrons. The molecular weight excluding hydrogens is 336 g/mol. The van der Waals surface area contributed by atoms with Crippen LogP contribution in [0, 0.1) is 5.92 Å². The van der Waals surface area contributed by atoms with Crippen molar-refractivity contribution in [1.82, 2.24) is 10.2 Å². The zero-order valence-electron chi connectivity index (χ0n) is 16.1. The van der Waals surface area contributed by atoms with Crippen LogP contribution in [0.5, 0.6) is 0 Å². The van der Waals surface area contributed by atoms with Gasteiger partial charge in [0, 0.05) is 6.04 Å². The van der Waals surface area contributed by atoms with Gasteiger partial charge in [0.05, 0.1) is 12.6 Å². The monoisotopic (exact) mass is 368 g/mol. The topological polar surface area (TPSA) is 95.9 Å². The first kappa shape index (κ1) is 20.7. The van der Waals surface area contributed by atoms with Gasteiger partial charge in [-0.25, -0.2) is 4.79 Å². The summed E-state index contributed by atoms with van der Waals surface area (Å²) in [5.41, 5.74) is 0. The van der Waals surface area contributed by atoms with Gasteiger partial charge in [0.2, 0.25) is 5.91 Å². The molecule has 2 aliphatic rings. The van der Waals surface area contributed by atoms with E-state index in [9.17, 15) is 19.5 Å². The molecule has 1 amide bonds. The first-order chi connectivity index (χ1) is 12.4. The van der Waals surface area contributed by atoms with E-state index in [1.807, 2.05) is 6.92 Å². The highest BCUT2D eigenvalue weighted by molar-refractivity contribution is 5.88. The van der Waals surface area contributed by atoms with E-state index in [0.717, 1.165) is 32.1 Å². The predicted octanol–water partition coefficient (Wildman–Crippen LogP) is 1.94. The molecule has 1 aliphatic carbocycles. The van der Waals surface area contributed by atoms with Crippen LogP contribution in [0.25, 0.3) is 0 Å². The number of rotatable bonds is 8. The molecule has 2 N–H and O–H groups in total. The summed E-state index contributed by atoms with van der Waals surface area (Å²) < 4.78 is 5.09. The van der Waals surface area contributed by atoms with Crippen molar-refractivity contribution < 1.29 is 24.2 Å². The fourth-order valence-corrected chi connectivity index (χ4v) is 4.39. The average Bonchev–Trinajstić information content (AvgIpc) is 3.00. The van der Waals surface area contributed by atoms with Crippen molar-refractivity contribution in [2.24, 2.45) is 5.92 Å². The number of nitrogens with one attached hydrogen (secondary N) is 1. The van der Waals surface area contributed by atoms with Gasteiger partial charge in [-0.2, -0.15) is 0 Å². The van der Waals surface area contributed by atoms with Crippen LogP contribution in [0.15, 0.2) is 0 Å². The third kappa shape index (κ3) is 4.55. The molecule has 5 atom stereocenters. The molecule has 26 heavy (non-hydrogen) atoms. The Morgan fingerprint density at radius 2 is 1.92 bits per heavy atom. The Hall–Kier alpha value is -1.63. The molecule has 0 aromatic heterocycles. The molecule has 2 fully saturated rings. The fraction of sp³-hybridized carbons (Fsp3) is 0.842. The Balaban J connectivity index is 2.10. The number of carbonyl (C=O) groups is 3. The number of esters is 1. The number of nitrogens with zero attached hydrogens (tertiary/aromatic N) is 1. The minimum atomic E-state index is -0.935. The van der Waals surface area contributed by atoms with Gasteiger partial charge in [0.15, 0.2) is 0 Å². The number of ether oxygens (including phenoxy) is 1. The number of hydrogen-bond donors (Lipinski definition) is 2. The van der Waals surface area contributed by atoms with Crippen LogP contribution in [0.3, 0.4) is 0 Å². The molecule has 0 bridgehead atoms. The smallest absolute Gasteiger partial charge is 0.326 e. The van der Waals surface area contributed by atoms with E-state index in [-0.39, 0.29) is 23.8 Å². The van der Waals surface area contributed by atoms with Crippen molar-refractivity contribution in [3.05, 3.63) is 0 Å². The predicted molar refractivity (Wildman–Crippen MR) is 96.6 cm³/mol. The van der Waals surface area contributed by atoms with Gasteiger partial charge in [-0.3, -0.25) is 14.9 Å². The highest BCUT2D eigenvalue weighted by atomic mass is 16.5. The maximum Gasteiger partial charge on any atom is 0.326 e. The van der Waals surface area contributed by atoms with Crippen molar-refractivity contribution in [2.75, 3.05) is 6.61 Å². The zero-order chi connectivity index (χ0) is 19.3. The molecule has 7 nitrogen and oxygen atoms in total. The number of amides is 1. The lowest BCUT2D eigenvalue weighted by molar-refractivity contribution is -0.152. The van der Waals surface area contributed by atoms with E-state index in [0.29, 0.717) is 19.4 Å². The van der Waals surface area contributed by atoms with Crippen LogP contribution in [0.4, 0.5) is 0 Å². The molecule has 0 unspecified atom stereocenters. The maximum atomic E-state index is 13.1. The largest absolute Gasteiger partial charge is 0.480 e. The Morgan fingerprint density at radius 3 is 2.54 bits per heavy atom. The van der Waals surface area contributed by atoms with Crippen LogP contribution < -0.4 is 5.32 Å².